The first-order valence-corrected chi connectivity index (χ1v) is 11.6. The Bertz CT molecular complexity index is 1050. The Morgan fingerprint density at radius 1 is 1.28 bits per heavy atom. The number of aromatic nitrogens is 4. The first-order valence-electron chi connectivity index (χ1n) is 11.6. The van der Waals surface area contributed by atoms with Gasteiger partial charge in [-0.1, -0.05) is 38.0 Å². The van der Waals surface area contributed by atoms with Crippen LogP contribution in [0.4, 0.5) is 5.95 Å². The number of aromatic amines is 2. The summed E-state index contributed by atoms with van der Waals surface area (Å²) in [6, 6.07) is 8.32. The fourth-order valence-electron chi connectivity index (χ4n) is 4.40. The van der Waals surface area contributed by atoms with Crippen LogP contribution in [0.1, 0.15) is 56.2 Å². The number of piperazine rings is 1. The summed E-state index contributed by atoms with van der Waals surface area (Å²) in [6.07, 6.45) is 5.91. The van der Waals surface area contributed by atoms with E-state index in [0.29, 0.717) is 5.95 Å². The standard InChI is InChI=1S/C24H35N7O/c1-5-6-9-18(14-17-15-25-20-11-8-7-10-19(17)20)26-22(32)21-27-23(29-28-21)31-13-12-30(4)24(2,3)16-31/h7-8,10-11,15,18,25H,5-6,9,12-14,16H2,1-4H3,(H,26,32)(H,27,28,29). The third-order valence-electron chi connectivity index (χ3n) is 6.67. The van der Waals surface area contributed by atoms with Crippen LogP contribution in [0.5, 0.6) is 0 Å². The van der Waals surface area contributed by atoms with Gasteiger partial charge >= 0.3 is 0 Å². The van der Waals surface area contributed by atoms with Gasteiger partial charge in [0.1, 0.15) is 0 Å². The Morgan fingerprint density at radius 3 is 2.88 bits per heavy atom. The molecular weight excluding hydrogens is 402 g/mol. The molecule has 3 aromatic rings. The van der Waals surface area contributed by atoms with Crippen molar-refractivity contribution in [3.63, 3.8) is 0 Å². The van der Waals surface area contributed by atoms with Crippen LogP contribution in [0.3, 0.4) is 0 Å². The third kappa shape index (κ3) is 4.80. The molecule has 1 atom stereocenters. The molecule has 1 aliphatic heterocycles. The molecular formula is C24H35N7O. The summed E-state index contributed by atoms with van der Waals surface area (Å²) in [5.41, 5.74) is 2.38. The average Bonchev–Trinajstić information content (AvgIpc) is 3.42. The monoisotopic (exact) mass is 437 g/mol. The number of carbonyl (C=O) groups excluding carboxylic acids is 1. The summed E-state index contributed by atoms with van der Waals surface area (Å²) in [5.74, 6) is 0.674. The van der Waals surface area contributed by atoms with Gasteiger partial charge < -0.3 is 15.2 Å². The maximum Gasteiger partial charge on any atom is 0.288 e. The molecule has 0 spiro atoms. The Balaban J connectivity index is 1.44. The fraction of sp³-hybridized carbons (Fsp3) is 0.542. The number of nitrogens with zero attached hydrogens (tertiary/aromatic N) is 4. The van der Waals surface area contributed by atoms with Gasteiger partial charge in [-0.25, -0.2) is 0 Å². The second-order valence-electron chi connectivity index (χ2n) is 9.52. The normalized spacial score (nSPS) is 17.6. The van der Waals surface area contributed by atoms with Crippen molar-refractivity contribution in [2.24, 2.45) is 0 Å². The number of benzene rings is 1. The Hall–Kier alpha value is -2.87. The summed E-state index contributed by atoms with van der Waals surface area (Å²) in [6.45, 7) is 9.20. The molecule has 172 valence electrons. The molecule has 3 N–H and O–H groups in total. The number of amides is 1. The van der Waals surface area contributed by atoms with Gasteiger partial charge in [-0.15, -0.1) is 5.10 Å². The van der Waals surface area contributed by atoms with Crippen LogP contribution >= 0.6 is 0 Å². The van der Waals surface area contributed by atoms with Crippen molar-refractivity contribution in [2.45, 2.75) is 58.0 Å². The number of rotatable bonds is 8. The molecule has 1 unspecified atom stereocenters. The second kappa shape index (κ2) is 9.32. The Morgan fingerprint density at radius 2 is 2.09 bits per heavy atom. The van der Waals surface area contributed by atoms with Crippen molar-refractivity contribution in [1.82, 2.24) is 30.4 Å². The zero-order chi connectivity index (χ0) is 22.7. The van der Waals surface area contributed by atoms with Crippen molar-refractivity contribution in [3.05, 3.63) is 41.9 Å². The minimum Gasteiger partial charge on any atom is -0.361 e. The highest BCUT2D eigenvalue weighted by atomic mass is 16.2. The number of hydrogen-bond acceptors (Lipinski definition) is 5. The van der Waals surface area contributed by atoms with Crippen molar-refractivity contribution in [1.29, 1.82) is 0 Å². The zero-order valence-electron chi connectivity index (χ0n) is 19.6. The maximum atomic E-state index is 13.0. The summed E-state index contributed by atoms with van der Waals surface area (Å²) in [5, 5.41) is 11.6. The zero-order valence-corrected chi connectivity index (χ0v) is 19.6. The van der Waals surface area contributed by atoms with E-state index in [1.54, 1.807) is 0 Å². The van der Waals surface area contributed by atoms with Gasteiger partial charge in [-0.2, -0.15) is 4.98 Å². The lowest BCUT2D eigenvalue weighted by molar-refractivity contribution is 0.0924. The molecule has 0 bridgehead atoms. The van der Waals surface area contributed by atoms with E-state index in [9.17, 15) is 4.79 Å². The molecule has 3 heterocycles. The van der Waals surface area contributed by atoms with Gasteiger partial charge in [0.2, 0.25) is 11.8 Å². The topological polar surface area (TPSA) is 92.9 Å². The van der Waals surface area contributed by atoms with Gasteiger partial charge in [0.05, 0.1) is 0 Å². The SMILES string of the molecule is CCCCC(Cc1c[nH]c2ccccc12)NC(=O)c1nc(N2CCN(C)C(C)(C)C2)n[nH]1. The molecule has 1 saturated heterocycles. The molecule has 0 aliphatic carbocycles. The van der Waals surface area contributed by atoms with E-state index in [0.717, 1.165) is 50.8 Å². The highest BCUT2D eigenvalue weighted by Gasteiger charge is 2.33. The number of nitrogens with one attached hydrogen (secondary N) is 3. The molecule has 1 amide bonds. The fourth-order valence-corrected chi connectivity index (χ4v) is 4.40. The lowest BCUT2D eigenvalue weighted by Crippen LogP contribution is -2.58. The molecule has 1 fully saturated rings. The lowest BCUT2D eigenvalue weighted by Gasteiger charge is -2.44. The summed E-state index contributed by atoms with van der Waals surface area (Å²) in [4.78, 5) is 25.4. The van der Waals surface area contributed by atoms with Gasteiger partial charge in [0.25, 0.3) is 5.91 Å². The number of hydrogen-bond donors (Lipinski definition) is 3. The van der Waals surface area contributed by atoms with Crippen LogP contribution in [0.15, 0.2) is 30.5 Å². The molecule has 2 aromatic heterocycles. The van der Waals surface area contributed by atoms with Crippen LogP contribution in [0, 0.1) is 0 Å². The first-order chi connectivity index (χ1) is 15.4. The minimum atomic E-state index is -0.196. The first kappa shape index (κ1) is 22.3. The lowest BCUT2D eigenvalue weighted by atomic mass is 10.0. The summed E-state index contributed by atoms with van der Waals surface area (Å²) in [7, 11) is 2.14. The van der Waals surface area contributed by atoms with Crippen molar-refractivity contribution in [3.8, 4) is 0 Å². The number of para-hydroxylation sites is 1. The summed E-state index contributed by atoms with van der Waals surface area (Å²) >= 11 is 0. The van der Waals surface area contributed by atoms with Crippen molar-refractivity contribution in [2.75, 3.05) is 31.6 Å². The van der Waals surface area contributed by atoms with Gasteiger partial charge in [-0.3, -0.25) is 14.8 Å². The minimum absolute atomic E-state index is 0.0336. The van der Waals surface area contributed by atoms with E-state index in [-0.39, 0.29) is 23.3 Å². The molecule has 8 heteroatoms. The van der Waals surface area contributed by atoms with Crippen LogP contribution < -0.4 is 10.2 Å². The van der Waals surface area contributed by atoms with Crippen molar-refractivity contribution >= 4 is 22.8 Å². The molecule has 0 radical (unpaired) electrons. The van der Waals surface area contributed by atoms with E-state index in [1.165, 1.54) is 10.9 Å². The Kier molecular flexibility index (Phi) is 6.50. The van der Waals surface area contributed by atoms with E-state index in [2.05, 4.69) is 87.5 Å². The van der Waals surface area contributed by atoms with E-state index in [1.807, 2.05) is 6.07 Å². The van der Waals surface area contributed by atoms with E-state index in [4.69, 9.17) is 0 Å². The molecule has 1 aromatic carbocycles. The number of likely N-dealkylation sites (N-methyl/N-ethyl adjacent to an activating group) is 1. The molecule has 1 aliphatic rings. The maximum absolute atomic E-state index is 13.0. The van der Waals surface area contributed by atoms with Crippen LogP contribution in [0.25, 0.3) is 10.9 Å². The largest absolute Gasteiger partial charge is 0.361 e. The predicted octanol–water partition coefficient (Wildman–Crippen LogP) is 3.35. The number of carbonyl (C=O) groups is 1. The van der Waals surface area contributed by atoms with Crippen LogP contribution in [-0.2, 0) is 6.42 Å². The second-order valence-corrected chi connectivity index (χ2v) is 9.52. The molecule has 0 saturated carbocycles. The van der Waals surface area contributed by atoms with Gasteiger partial charge in [0, 0.05) is 48.3 Å². The smallest absolute Gasteiger partial charge is 0.288 e. The van der Waals surface area contributed by atoms with Crippen LogP contribution in [-0.4, -0.2) is 69.2 Å². The Labute approximate surface area is 189 Å². The van der Waals surface area contributed by atoms with Gasteiger partial charge in [-0.05, 0) is 45.4 Å². The summed E-state index contributed by atoms with van der Waals surface area (Å²) < 4.78 is 0. The van der Waals surface area contributed by atoms with E-state index >= 15 is 0 Å². The number of anilines is 1. The highest BCUT2D eigenvalue weighted by Crippen LogP contribution is 2.23. The predicted molar refractivity (Wildman–Crippen MR) is 128 cm³/mol. The molecule has 4 rings (SSSR count). The third-order valence-corrected chi connectivity index (χ3v) is 6.67. The van der Waals surface area contributed by atoms with Crippen molar-refractivity contribution < 1.29 is 4.79 Å². The number of H-pyrrole nitrogens is 2. The van der Waals surface area contributed by atoms with Crippen LogP contribution in [0.2, 0.25) is 0 Å². The van der Waals surface area contributed by atoms with Gasteiger partial charge in [0.15, 0.2) is 0 Å². The highest BCUT2D eigenvalue weighted by molar-refractivity contribution is 5.91. The molecule has 32 heavy (non-hydrogen) atoms. The quantitative estimate of drug-likeness (QED) is 0.503. The van der Waals surface area contributed by atoms with E-state index < -0.39 is 0 Å². The number of unbranched alkanes of at least 4 members (excludes halogenated alkanes) is 1. The molecule has 8 nitrogen and oxygen atoms in total. The average molecular weight is 438 g/mol. The number of fused-ring (bicyclic) bond motifs is 1.